The molecule has 0 saturated heterocycles. The number of nitrogens with two attached hydrogens (primary N) is 1. The average Bonchev–Trinajstić information content (AvgIpc) is 2.19. The summed E-state index contributed by atoms with van der Waals surface area (Å²) in [5.41, 5.74) is 10.8. The highest BCUT2D eigenvalue weighted by Gasteiger charge is 2.05. The second kappa shape index (κ2) is 4.85. The molecule has 0 amide bonds. The largest absolute Gasteiger partial charge is 0.402 e. The molecule has 0 bridgehead atoms. The normalized spacial score (nSPS) is 12.5. The maximum absolute atomic E-state index is 5.88. The van der Waals surface area contributed by atoms with Crippen molar-refractivity contribution in [1.29, 1.82) is 0 Å². The van der Waals surface area contributed by atoms with Gasteiger partial charge in [0.05, 0.1) is 0 Å². The van der Waals surface area contributed by atoms with Gasteiger partial charge in [-0.1, -0.05) is 38.1 Å². The molecule has 1 aromatic rings. The molecule has 0 unspecified atom stereocenters. The Morgan fingerprint density at radius 3 is 2.36 bits per heavy atom. The van der Waals surface area contributed by atoms with Crippen LogP contribution in [-0.2, 0) is 6.42 Å². The topological polar surface area (TPSA) is 26.0 Å². The molecule has 76 valence electrons. The van der Waals surface area contributed by atoms with E-state index in [9.17, 15) is 0 Å². The summed E-state index contributed by atoms with van der Waals surface area (Å²) in [4.78, 5) is 0. The third kappa shape index (κ3) is 2.16. The molecular formula is C13H19N. The molecule has 0 fully saturated rings. The maximum Gasteiger partial charge on any atom is 0.00874 e. The minimum atomic E-state index is 0.938. The van der Waals surface area contributed by atoms with Gasteiger partial charge in [0.2, 0.25) is 0 Å². The summed E-state index contributed by atoms with van der Waals surface area (Å²) in [7, 11) is 0. The van der Waals surface area contributed by atoms with Crippen molar-refractivity contribution in [1.82, 2.24) is 0 Å². The number of benzene rings is 1. The number of hydrogen-bond donors (Lipinski definition) is 1. The molecule has 0 aliphatic carbocycles. The Morgan fingerprint density at radius 1 is 1.21 bits per heavy atom. The van der Waals surface area contributed by atoms with Gasteiger partial charge in [0.15, 0.2) is 0 Å². The van der Waals surface area contributed by atoms with Crippen molar-refractivity contribution in [3.63, 3.8) is 0 Å². The fourth-order valence-corrected chi connectivity index (χ4v) is 1.80. The molecule has 1 aromatic carbocycles. The third-order valence-electron chi connectivity index (χ3n) is 2.55. The summed E-state index contributed by atoms with van der Waals surface area (Å²) in [6.45, 7) is 6.31. The zero-order chi connectivity index (χ0) is 10.6. The van der Waals surface area contributed by atoms with E-state index in [4.69, 9.17) is 5.73 Å². The van der Waals surface area contributed by atoms with Gasteiger partial charge in [0.1, 0.15) is 0 Å². The molecule has 0 spiro atoms. The molecule has 0 aromatic heterocycles. The van der Waals surface area contributed by atoms with Gasteiger partial charge in [-0.25, -0.2) is 0 Å². The summed E-state index contributed by atoms with van der Waals surface area (Å²) in [5, 5.41) is 0. The maximum atomic E-state index is 5.88. The number of aryl methyl sites for hydroxylation is 1. The van der Waals surface area contributed by atoms with Crippen LogP contribution in [0.4, 0.5) is 0 Å². The van der Waals surface area contributed by atoms with E-state index in [0.29, 0.717) is 0 Å². The number of allylic oxidation sites excluding steroid dienone is 2. The molecule has 0 radical (unpaired) electrons. The smallest absolute Gasteiger partial charge is 0.00874 e. The molecule has 1 nitrogen and oxygen atoms in total. The van der Waals surface area contributed by atoms with Crippen LogP contribution in [0.1, 0.15) is 38.3 Å². The monoisotopic (exact) mass is 189 g/mol. The quantitative estimate of drug-likeness (QED) is 0.775. The van der Waals surface area contributed by atoms with Gasteiger partial charge in [-0.05, 0) is 36.5 Å². The summed E-state index contributed by atoms with van der Waals surface area (Å²) in [6.07, 6.45) is 2.06. The molecule has 1 rings (SSSR count). The van der Waals surface area contributed by atoms with Gasteiger partial charge in [-0.2, -0.15) is 0 Å². The predicted octanol–water partition coefficient (Wildman–Crippen LogP) is 3.35. The van der Waals surface area contributed by atoms with Crippen LogP contribution >= 0.6 is 0 Å². The fraction of sp³-hybridized carbons (Fsp3) is 0.385. The van der Waals surface area contributed by atoms with E-state index in [1.165, 1.54) is 16.7 Å². The zero-order valence-electron chi connectivity index (χ0n) is 9.30. The van der Waals surface area contributed by atoms with Crippen molar-refractivity contribution in [3.8, 4) is 0 Å². The van der Waals surface area contributed by atoms with Gasteiger partial charge in [-0.3, -0.25) is 0 Å². The second-order valence-electron chi connectivity index (χ2n) is 3.53. The molecule has 0 aliphatic rings. The molecule has 14 heavy (non-hydrogen) atoms. The first-order chi connectivity index (χ1) is 6.70. The summed E-state index contributed by atoms with van der Waals surface area (Å²) < 4.78 is 0. The summed E-state index contributed by atoms with van der Waals surface area (Å²) in [6, 6.07) is 8.50. The average molecular weight is 189 g/mol. The van der Waals surface area contributed by atoms with Crippen molar-refractivity contribution in [3.05, 3.63) is 41.1 Å². The van der Waals surface area contributed by atoms with Gasteiger partial charge in [0.25, 0.3) is 0 Å². The van der Waals surface area contributed by atoms with Crippen molar-refractivity contribution in [2.45, 2.75) is 33.6 Å². The highest BCUT2D eigenvalue weighted by molar-refractivity contribution is 5.70. The van der Waals surface area contributed by atoms with Crippen LogP contribution in [0.25, 0.3) is 5.57 Å². The van der Waals surface area contributed by atoms with Crippen LogP contribution in [0.15, 0.2) is 30.0 Å². The number of rotatable bonds is 3. The SMILES string of the molecule is CCC(=C(C)N)c1ccccc1CC. The van der Waals surface area contributed by atoms with E-state index in [1.807, 2.05) is 6.92 Å². The lowest BCUT2D eigenvalue weighted by molar-refractivity contribution is 1.10. The van der Waals surface area contributed by atoms with E-state index in [1.54, 1.807) is 0 Å². The Kier molecular flexibility index (Phi) is 3.75. The van der Waals surface area contributed by atoms with Crippen molar-refractivity contribution in [2.24, 2.45) is 5.73 Å². The van der Waals surface area contributed by atoms with Gasteiger partial charge in [0, 0.05) is 5.70 Å². The molecule has 1 heteroatoms. The Morgan fingerprint density at radius 2 is 1.86 bits per heavy atom. The molecule has 0 saturated carbocycles. The van der Waals surface area contributed by atoms with Gasteiger partial charge >= 0.3 is 0 Å². The molecule has 0 aliphatic heterocycles. The van der Waals surface area contributed by atoms with Crippen molar-refractivity contribution in [2.75, 3.05) is 0 Å². The first-order valence-corrected chi connectivity index (χ1v) is 5.24. The molecule has 2 N–H and O–H groups in total. The minimum Gasteiger partial charge on any atom is -0.402 e. The lowest BCUT2D eigenvalue weighted by Gasteiger charge is -2.11. The second-order valence-corrected chi connectivity index (χ2v) is 3.53. The Hall–Kier alpha value is -1.24. The van der Waals surface area contributed by atoms with Crippen LogP contribution < -0.4 is 5.73 Å². The van der Waals surface area contributed by atoms with E-state index < -0.39 is 0 Å². The highest BCUT2D eigenvalue weighted by atomic mass is 14.6. The third-order valence-corrected chi connectivity index (χ3v) is 2.55. The van der Waals surface area contributed by atoms with E-state index in [-0.39, 0.29) is 0 Å². The van der Waals surface area contributed by atoms with Crippen LogP contribution in [0.3, 0.4) is 0 Å². The van der Waals surface area contributed by atoms with Crippen LogP contribution in [0.5, 0.6) is 0 Å². The zero-order valence-corrected chi connectivity index (χ0v) is 9.30. The first-order valence-electron chi connectivity index (χ1n) is 5.24. The predicted molar refractivity (Wildman–Crippen MR) is 62.9 cm³/mol. The Bertz CT molecular complexity index is 333. The van der Waals surface area contributed by atoms with Gasteiger partial charge < -0.3 is 5.73 Å². The highest BCUT2D eigenvalue weighted by Crippen LogP contribution is 2.23. The van der Waals surface area contributed by atoms with Crippen LogP contribution in [0, 0.1) is 0 Å². The Balaban J connectivity index is 3.23. The van der Waals surface area contributed by atoms with Crippen molar-refractivity contribution >= 4 is 5.57 Å². The van der Waals surface area contributed by atoms with Crippen LogP contribution in [0.2, 0.25) is 0 Å². The Labute approximate surface area is 86.6 Å². The van der Waals surface area contributed by atoms with Gasteiger partial charge in [-0.15, -0.1) is 0 Å². The number of hydrogen-bond acceptors (Lipinski definition) is 1. The molecule has 0 heterocycles. The van der Waals surface area contributed by atoms with E-state index in [2.05, 4.69) is 38.1 Å². The summed E-state index contributed by atoms with van der Waals surface area (Å²) in [5.74, 6) is 0. The van der Waals surface area contributed by atoms with E-state index in [0.717, 1.165) is 18.5 Å². The van der Waals surface area contributed by atoms with Crippen molar-refractivity contribution < 1.29 is 0 Å². The molecular weight excluding hydrogens is 170 g/mol. The van der Waals surface area contributed by atoms with Crippen LogP contribution in [-0.4, -0.2) is 0 Å². The minimum absolute atomic E-state index is 0.938. The lowest BCUT2D eigenvalue weighted by Crippen LogP contribution is -2.00. The first kappa shape index (κ1) is 10.8. The standard InChI is InChI=1S/C13H19N/c1-4-11-8-6-7-9-13(11)12(5-2)10(3)14/h6-9H,4-5,14H2,1-3H3. The lowest BCUT2D eigenvalue weighted by atomic mass is 9.95. The van der Waals surface area contributed by atoms with E-state index >= 15 is 0 Å². The summed E-state index contributed by atoms with van der Waals surface area (Å²) >= 11 is 0. The molecule has 0 atom stereocenters. The fourth-order valence-electron chi connectivity index (χ4n) is 1.80.